The van der Waals surface area contributed by atoms with Crippen molar-refractivity contribution in [2.24, 2.45) is 0 Å². The van der Waals surface area contributed by atoms with E-state index in [2.05, 4.69) is 6.92 Å². The first-order chi connectivity index (χ1) is 15.1. The molecule has 0 aromatic heterocycles. The predicted octanol–water partition coefficient (Wildman–Crippen LogP) is 5.08. The number of sulfonamides is 1. The Bertz CT molecular complexity index is 1060. The van der Waals surface area contributed by atoms with Crippen LogP contribution in [0.15, 0.2) is 78.9 Å². The van der Waals surface area contributed by atoms with Crippen LogP contribution in [-0.2, 0) is 26.9 Å². The van der Waals surface area contributed by atoms with Crippen LogP contribution in [0.2, 0.25) is 0 Å². The fourth-order valence-electron chi connectivity index (χ4n) is 3.55. The van der Waals surface area contributed by atoms with Gasteiger partial charge in [0.1, 0.15) is 18.5 Å². The van der Waals surface area contributed by atoms with Gasteiger partial charge in [-0.3, -0.25) is 0 Å². The number of anilines is 2. The number of ether oxygens (including phenoxy) is 2. The third kappa shape index (κ3) is 5.46. The van der Waals surface area contributed by atoms with Crippen molar-refractivity contribution < 1.29 is 17.9 Å². The lowest BCUT2D eigenvalue weighted by atomic mass is 10.0. The largest absolute Gasteiger partial charge is 0.491 e. The molecule has 1 aliphatic heterocycles. The fourth-order valence-corrected chi connectivity index (χ4v) is 5.24. The monoisotopic (exact) mass is 437 g/mol. The first kappa shape index (κ1) is 21.4. The SMILES string of the molecule is CCCc1cc(OCC2CO2)ccc1CS(=O)(=O)N(c1ccccc1)c1ccccc1. The summed E-state index contributed by atoms with van der Waals surface area (Å²) < 4.78 is 39.7. The molecule has 4 rings (SSSR count). The van der Waals surface area contributed by atoms with Crippen LogP contribution >= 0.6 is 0 Å². The predicted molar refractivity (Wildman–Crippen MR) is 123 cm³/mol. The van der Waals surface area contributed by atoms with Crippen molar-refractivity contribution in [3.05, 3.63) is 90.0 Å². The van der Waals surface area contributed by atoms with Crippen molar-refractivity contribution in [3.63, 3.8) is 0 Å². The van der Waals surface area contributed by atoms with Crippen LogP contribution in [0, 0.1) is 0 Å². The summed E-state index contributed by atoms with van der Waals surface area (Å²) in [5.74, 6) is 0.668. The standard InChI is InChI=1S/C25H27NO4S/c1-2-9-20-16-24(29-17-25-18-30-25)15-14-21(20)19-31(27,28)26(22-10-5-3-6-11-22)23-12-7-4-8-13-23/h3-8,10-16,25H,2,9,17-19H2,1H3. The summed E-state index contributed by atoms with van der Waals surface area (Å²) in [7, 11) is -3.68. The molecule has 6 heteroatoms. The Morgan fingerprint density at radius 3 is 2.10 bits per heavy atom. The molecule has 5 nitrogen and oxygen atoms in total. The lowest BCUT2D eigenvalue weighted by Crippen LogP contribution is -2.28. The van der Waals surface area contributed by atoms with Gasteiger partial charge in [0.05, 0.1) is 23.7 Å². The molecule has 1 aliphatic rings. The highest BCUT2D eigenvalue weighted by Crippen LogP contribution is 2.31. The van der Waals surface area contributed by atoms with E-state index in [4.69, 9.17) is 9.47 Å². The number of aryl methyl sites for hydroxylation is 1. The van der Waals surface area contributed by atoms with Crippen LogP contribution in [0.5, 0.6) is 5.75 Å². The summed E-state index contributed by atoms with van der Waals surface area (Å²) in [6, 6.07) is 24.1. The minimum absolute atomic E-state index is 0.0852. The highest BCUT2D eigenvalue weighted by molar-refractivity contribution is 7.92. The second-order valence-corrected chi connectivity index (χ2v) is 9.46. The Balaban J connectivity index is 1.65. The van der Waals surface area contributed by atoms with Crippen LogP contribution in [0.3, 0.4) is 0 Å². The number of hydrogen-bond donors (Lipinski definition) is 0. The molecule has 3 aromatic rings. The van der Waals surface area contributed by atoms with Gasteiger partial charge in [0, 0.05) is 0 Å². The van der Waals surface area contributed by atoms with Gasteiger partial charge in [-0.2, -0.15) is 0 Å². The quantitative estimate of drug-likeness (QED) is 0.415. The highest BCUT2D eigenvalue weighted by Gasteiger charge is 2.26. The average molecular weight is 438 g/mol. The Kier molecular flexibility index (Phi) is 6.59. The van der Waals surface area contributed by atoms with Gasteiger partial charge in [0.15, 0.2) is 0 Å². The molecule has 1 saturated heterocycles. The molecule has 0 spiro atoms. The van der Waals surface area contributed by atoms with Crippen molar-refractivity contribution in [1.29, 1.82) is 0 Å². The van der Waals surface area contributed by atoms with Gasteiger partial charge < -0.3 is 9.47 Å². The molecule has 0 radical (unpaired) electrons. The maximum absolute atomic E-state index is 13.6. The van der Waals surface area contributed by atoms with Gasteiger partial charge in [-0.1, -0.05) is 55.8 Å². The lowest BCUT2D eigenvalue weighted by molar-refractivity contribution is 0.263. The number of nitrogens with zero attached hydrogens (tertiary/aromatic N) is 1. The minimum Gasteiger partial charge on any atom is -0.491 e. The highest BCUT2D eigenvalue weighted by atomic mass is 32.2. The normalized spacial score (nSPS) is 15.5. The van der Waals surface area contributed by atoms with E-state index in [0.29, 0.717) is 18.0 Å². The second-order valence-electron chi connectivity index (χ2n) is 7.64. The third-order valence-electron chi connectivity index (χ3n) is 5.13. The fraction of sp³-hybridized carbons (Fsp3) is 0.280. The zero-order chi connectivity index (χ0) is 21.7. The van der Waals surface area contributed by atoms with Crippen LogP contribution in [0.1, 0.15) is 24.5 Å². The first-order valence-corrected chi connectivity index (χ1v) is 12.2. The summed E-state index contributed by atoms with van der Waals surface area (Å²) in [5, 5.41) is 0. The van der Waals surface area contributed by atoms with Crippen LogP contribution in [-0.4, -0.2) is 27.7 Å². The number of epoxide rings is 1. The van der Waals surface area contributed by atoms with E-state index in [1.54, 1.807) is 0 Å². The Morgan fingerprint density at radius 2 is 1.55 bits per heavy atom. The van der Waals surface area contributed by atoms with Gasteiger partial charge in [0.25, 0.3) is 0 Å². The molecule has 1 atom stereocenters. The summed E-state index contributed by atoms with van der Waals surface area (Å²) in [6.07, 6.45) is 1.89. The summed E-state index contributed by atoms with van der Waals surface area (Å²) in [4.78, 5) is 0. The minimum atomic E-state index is -3.68. The van der Waals surface area contributed by atoms with Crippen LogP contribution in [0.25, 0.3) is 0 Å². The molecule has 0 bridgehead atoms. The average Bonchev–Trinajstić information content (AvgIpc) is 3.60. The molecule has 3 aromatic carbocycles. The number of para-hydroxylation sites is 2. The molecule has 0 saturated carbocycles. The van der Waals surface area contributed by atoms with Crippen molar-refractivity contribution in [2.45, 2.75) is 31.6 Å². The summed E-state index contributed by atoms with van der Waals surface area (Å²) in [5.41, 5.74) is 3.04. The first-order valence-electron chi connectivity index (χ1n) is 10.6. The van der Waals surface area contributed by atoms with Gasteiger partial charge in [-0.05, 0) is 53.9 Å². The summed E-state index contributed by atoms with van der Waals surface area (Å²) >= 11 is 0. The summed E-state index contributed by atoms with van der Waals surface area (Å²) in [6.45, 7) is 3.36. The molecule has 1 fully saturated rings. The van der Waals surface area contributed by atoms with Crippen molar-refractivity contribution in [2.75, 3.05) is 17.5 Å². The van der Waals surface area contributed by atoms with E-state index in [-0.39, 0.29) is 11.9 Å². The number of hydrogen-bond acceptors (Lipinski definition) is 4. The lowest BCUT2D eigenvalue weighted by Gasteiger charge is -2.25. The van der Waals surface area contributed by atoms with E-state index in [1.165, 1.54) is 4.31 Å². The zero-order valence-corrected chi connectivity index (χ0v) is 18.4. The Labute approximate surface area is 184 Å². The molecule has 1 heterocycles. The third-order valence-corrected chi connectivity index (χ3v) is 6.79. The molecule has 0 amide bonds. The van der Waals surface area contributed by atoms with Crippen molar-refractivity contribution in [3.8, 4) is 5.75 Å². The van der Waals surface area contributed by atoms with E-state index in [9.17, 15) is 8.42 Å². The molecular weight excluding hydrogens is 410 g/mol. The molecule has 1 unspecified atom stereocenters. The Hall–Kier alpha value is -2.83. The smallest absolute Gasteiger partial charge is 0.243 e. The second kappa shape index (κ2) is 9.54. The molecular formula is C25H27NO4S. The number of benzene rings is 3. The maximum atomic E-state index is 13.6. The van der Waals surface area contributed by atoms with E-state index in [0.717, 1.165) is 36.3 Å². The van der Waals surface area contributed by atoms with Gasteiger partial charge >= 0.3 is 0 Å². The van der Waals surface area contributed by atoms with Crippen molar-refractivity contribution in [1.82, 2.24) is 0 Å². The van der Waals surface area contributed by atoms with E-state index in [1.807, 2.05) is 78.9 Å². The molecule has 0 N–H and O–H groups in total. The van der Waals surface area contributed by atoms with Gasteiger partial charge in [0.2, 0.25) is 10.0 Å². The topological polar surface area (TPSA) is 59.1 Å². The molecule has 31 heavy (non-hydrogen) atoms. The van der Waals surface area contributed by atoms with E-state index >= 15 is 0 Å². The van der Waals surface area contributed by atoms with Gasteiger partial charge in [-0.25, -0.2) is 12.7 Å². The van der Waals surface area contributed by atoms with E-state index < -0.39 is 10.0 Å². The number of rotatable bonds is 10. The maximum Gasteiger partial charge on any atom is 0.243 e. The van der Waals surface area contributed by atoms with Crippen molar-refractivity contribution >= 4 is 21.4 Å². The van der Waals surface area contributed by atoms with Crippen LogP contribution < -0.4 is 9.04 Å². The van der Waals surface area contributed by atoms with Gasteiger partial charge in [-0.15, -0.1) is 0 Å². The Morgan fingerprint density at radius 1 is 0.935 bits per heavy atom. The van der Waals surface area contributed by atoms with Crippen LogP contribution in [0.4, 0.5) is 11.4 Å². The molecule has 162 valence electrons. The zero-order valence-electron chi connectivity index (χ0n) is 17.6. The molecule has 0 aliphatic carbocycles.